The number of para-hydroxylation sites is 1. The van der Waals surface area contributed by atoms with Gasteiger partial charge in [-0.25, -0.2) is 4.79 Å². The molecule has 0 saturated carbocycles. The highest BCUT2D eigenvalue weighted by Crippen LogP contribution is 2.31. The van der Waals surface area contributed by atoms with E-state index in [0.717, 1.165) is 0 Å². The summed E-state index contributed by atoms with van der Waals surface area (Å²) in [5.74, 6) is 1.93. The third-order valence-electron chi connectivity index (χ3n) is 3.69. The maximum atomic E-state index is 12.0. The molecule has 6 nitrogen and oxygen atoms in total. The zero-order valence-corrected chi connectivity index (χ0v) is 15.3. The number of ether oxygens (including phenoxy) is 5. The minimum Gasteiger partial charge on any atom is -0.497 e. The highest BCUT2D eigenvalue weighted by Gasteiger charge is 2.11. The molecule has 2 rings (SSSR count). The van der Waals surface area contributed by atoms with Gasteiger partial charge in [-0.2, -0.15) is 0 Å². The second-order valence-corrected chi connectivity index (χ2v) is 5.20. The van der Waals surface area contributed by atoms with Gasteiger partial charge in [-0.15, -0.1) is 0 Å². The number of carbonyl (C=O) groups excluding carboxylic acids is 1. The Hall–Kier alpha value is -3.15. The molecule has 2 aromatic carbocycles. The summed E-state index contributed by atoms with van der Waals surface area (Å²) in [5.41, 5.74) is 1.43. The standard InChI is InChI=1S/C20H22O6/c1-22-16-9-10-17(23-2)14(12-16)8-11-19(21)26-13-15-6-5-7-18(24-3)20(15)25-4/h5-12H,13H2,1-4H3/b11-8+. The molecule has 0 fully saturated rings. The molecule has 0 amide bonds. The first-order chi connectivity index (χ1) is 12.6. The van der Waals surface area contributed by atoms with Crippen LogP contribution >= 0.6 is 0 Å². The van der Waals surface area contributed by atoms with Gasteiger partial charge in [-0.05, 0) is 30.3 Å². The highest BCUT2D eigenvalue weighted by molar-refractivity contribution is 5.87. The molecule has 138 valence electrons. The molecule has 26 heavy (non-hydrogen) atoms. The van der Waals surface area contributed by atoms with E-state index in [1.807, 2.05) is 12.1 Å². The maximum absolute atomic E-state index is 12.0. The van der Waals surface area contributed by atoms with Crippen molar-refractivity contribution in [3.05, 3.63) is 53.6 Å². The largest absolute Gasteiger partial charge is 0.497 e. The fourth-order valence-electron chi connectivity index (χ4n) is 2.39. The summed E-state index contributed by atoms with van der Waals surface area (Å²) in [7, 11) is 6.23. The molecule has 0 N–H and O–H groups in total. The van der Waals surface area contributed by atoms with Crippen LogP contribution in [0, 0.1) is 0 Å². The Bertz CT molecular complexity index is 782. The van der Waals surface area contributed by atoms with Crippen molar-refractivity contribution in [3.63, 3.8) is 0 Å². The number of esters is 1. The van der Waals surface area contributed by atoms with E-state index in [1.165, 1.54) is 13.2 Å². The van der Waals surface area contributed by atoms with Crippen LogP contribution in [0.15, 0.2) is 42.5 Å². The molecular weight excluding hydrogens is 336 g/mol. The first-order valence-corrected chi connectivity index (χ1v) is 7.89. The molecular formula is C20H22O6. The average Bonchev–Trinajstić information content (AvgIpc) is 2.69. The predicted octanol–water partition coefficient (Wildman–Crippen LogP) is 3.48. The van der Waals surface area contributed by atoms with E-state index in [4.69, 9.17) is 23.7 Å². The summed E-state index contributed by atoms with van der Waals surface area (Å²) in [6.45, 7) is 0.0682. The Kier molecular flexibility index (Phi) is 6.91. The predicted molar refractivity (Wildman–Crippen MR) is 97.9 cm³/mol. The van der Waals surface area contributed by atoms with Crippen molar-refractivity contribution in [1.29, 1.82) is 0 Å². The molecule has 0 aromatic heterocycles. The van der Waals surface area contributed by atoms with E-state index >= 15 is 0 Å². The lowest BCUT2D eigenvalue weighted by molar-refractivity contribution is -0.138. The quantitative estimate of drug-likeness (QED) is 0.532. The van der Waals surface area contributed by atoms with E-state index in [9.17, 15) is 4.79 Å². The normalized spacial score (nSPS) is 10.5. The fraction of sp³-hybridized carbons (Fsp3) is 0.250. The summed E-state index contributed by atoms with van der Waals surface area (Å²) in [4.78, 5) is 12.0. The summed E-state index contributed by atoms with van der Waals surface area (Å²) >= 11 is 0. The van der Waals surface area contributed by atoms with E-state index in [2.05, 4.69) is 0 Å². The van der Waals surface area contributed by atoms with Gasteiger partial charge in [-0.1, -0.05) is 12.1 Å². The molecule has 0 saturated heterocycles. The van der Waals surface area contributed by atoms with Crippen LogP contribution in [0.25, 0.3) is 6.08 Å². The molecule has 0 radical (unpaired) electrons. The van der Waals surface area contributed by atoms with E-state index < -0.39 is 5.97 Å². The molecule has 2 aromatic rings. The van der Waals surface area contributed by atoms with Gasteiger partial charge in [0.15, 0.2) is 11.5 Å². The second kappa shape index (κ2) is 9.36. The molecule has 0 aliphatic carbocycles. The van der Waals surface area contributed by atoms with E-state index in [1.54, 1.807) is 51.7 Å². The third-order valence-corrected chi connectivity index (χ3v) is 3.69. The fourth-order valence-corrected chi connectivity index (χ4v) is 2.39. The number of carbonyl (C=O) groups is 1. The number of rotatable bonds is 8. The Morgan fingerprint density at radius 2 is 1.69 bits per heavy atom. The van der Waals surface area contributed by atoms with Crippen molar-refractivity contribution in [3.8, 4) is 23.0 Å². The first kappa shape index (κ1) is 19.2. The van der Waals surface area contributed by atoms with Crippen molar-refractivity contribution in [2.75, 3.05) is 28.4 Å². The highest BCUT2D eigenvalue weighted by atomic mass is 16.5. The second-order valence-electron chi connectivity index (χ2n) is 5.20. The Morgan fingerprint density at radius 1 is 0.923 bits per heavy atom. The molecule has 0 heterocycles. The summed E-state index contributed by atoms with van der Waals surface area (Å²) in [6, 6.07) is 10.7. The van der Waals surface area contributed by atoms with E-state index in [0.29, 0.717) is 34.1 Å². The molecule has 0 spiro atoms. The van der Waals surface area contributed by atoms with Gasteiger partial charge in [0.1, 0.15) is 18.1 Å². The van der Waals surface area contributed by atoms with Crippen LogP contribution in [-0.4, -0.2) is 34.4 Å². The van der Waals surface area contributed by atoms with Crippen LogP contribution in [0.1, 0.15) is 11.1 Å². The molecule has 0 atom stereocenters. The van der Waals surface area contributed by atoms with Gasteiger partial charge in [0.25, 0.3) is 0 Å². The topological polar surface area (TPSA) is 63.2 Å². The summed E-state index contributed by atoms with van der Waals surface area (Å²) in [6.07, 6.45) is 2.95. The average molecular weight is 358 g/mol. The van der Waals surface area contributed by atoms with Crippen LogP contribution in [0.5, 0.6) is 23.0 Å². The van der Waals surface area contributed by atoms with Gasteiger partial charge in [0.2, 0.25) is 0 Å². The van der Waals surface area contributed by atoms with E-state index in [-0.39, 0.29) is 6.61 Å². The van der Waals surface area contributed by atoms with Crippen LogP contribution in [-0.2, 0) is 16.1 Å². The Labute approximate surface area is 152 Å². The van der Waals surface area contributed by atoms with Crippen molar-refractivity contribution in [2.45, 2.75) is 6.61 Å². The zero-order valence-electron chi connectivity index (χ0n) is 15.3. The van der Waals surface area contributed by atoms with Crippen molar-refractivity contribution >= 4 is 12.0 Å². The van der Waals surface area contributed by atoms with Crippen LogP contribution in [0.2, 0.25) is 0 Å². The number of benzene rings is 2. The van der Waals surface area contributed by atoms with Gasteiger partial charge in [0, 0.05) is 17.2 Å². The Balaban J connectivity index is 2.07. The van der Waals surface area contributed by atoms with Crippen LogP contribution in [0.3, 0.4) is 0 Å². The van der Waals surface area contributed by atoms with Crippen LogP contribution in [0.4, 0.5) is 0 Å². The molecule has 0 bridgehead atoms. The molecule has 6 heteroatoms. The van der Waals surface area contributed by atoms with Gasteiger partial charge in [-0.3, -0.25) is 0 Å². The lowest BCUT2D eigenvalue weighted by Crippen LogP contribution is -2.03. The summed E-state index contributed by atoms with van der Waals surface area (Å²) in [5, 5.41) is 0. The number of methoxy groups -OCH3 is 4. The maximum Gasteiger partial charge on any atom is 0.331 e. The molecule has 0 aliphatic heterocycles. The van der Waals surface area contributed by atoms with Crippen molar-refractivity contribution in [2.24, 2.45) is 0 Å². The minimum absolute atomic E-state index is 0.0682. The smallest absolute Gasteiger partial charge is 0.331 e. The van der Waals surface area contributed by atoms with Gasteiger partial charge < -0.3 is 23.7 Å². The SMILES string of the molecule is COc1ccc(OC)c(/C=C/C(=O)OCc2cccc(OC)c2OC)c1. The number of hydrogen-bond donors (Lipinski definition) is 0. The monoisotopic (exact) mass is 358 g/mol. The molecule has 0 aliphatic rings. The van der Waals surface area contributed by atoms with Crippen molar-refractivity contribution < 1.29 is 28.5 Å². The third kappa shape index (κ3) is 4.69. The van der Waals surface area contributed by atoms with Gasteiger partial charge >= 0.3 is 5.97 Å². The minimum atomic E-state index is -0.486. The zero-order chi connectivity index (χ0) is 18.9. The lowest BCUT2D eigenvalue weighted by atomic mass is 10.1. The summed E-state index contributed by atoms with van der Waals surface area (Å²) < 4.78 is 26.3. The number of hydrogen-bond acceptors (Lipinski definition) is 6. The van der Waals surface area contributed by atoms with Gasteiger partial charge in [0.05, 0.1) is 28.4 Å². The van der Waals surface area contributed by atoms with Crippen LogP contribution < -0.4 is 18.9 Å². The lowest BCUT2D eigenvalue weighted by Gasteiger charge is -2.12. The first-order valence-electron chi connectivity index (χ1n) is 7.89. The Morgan fingerprint density at radius 3 is 2.35 bits per heavy atom. The molecule has 0 unspecified atom stereocenters. The van der Waals surface area contributed by atoms with Crippen molar-refractivity contribution in [1.82, 2.24) is 0 Å².